The van der Waals surface area contributed by atoms with Crippen molar-refractivity contribution in [3.05, 3.63) is 34.3 Å². The summed E-state index contributed by atoms with van der Waals surface area (Å²) in [4.78, 5) is 33.9. The molecule has 0 spiro atoms. The molecule has 0 fully saturated rings. The van der Waals surface area contributed by atoms with Gasteiger partial charge in [-0.2, -0.15) is 0 Å². The Labute approximate surface area is 118 Å². The number of hydrogen-bond donors (Lipinski definition) is 2. The van der Waals surface area contributed by atoms with E-state index in [0.29, 0.717) is 10.0 Å². The maximum absolute atomic E-state index is 11.8. The van der Waals surface area contributed by atoms with Crippen molar-refractivity contribution < 1.29 is 19.1 Å². The zero-order valence-corrected chi connectivity index (χ0v) is 11.8. The van der Waals surface area contributed by atoms with Crippen LogP contribution < -0.4 is 10.6 Å². The molecule has 0 atom stereocenters. The first-order chi connectivity index (χ1) is 9.04. The first-order valence-corrected chi connectivity index (χ1v) is 6.20. The Bertz CT molecular complexity index is 490. The highest BCUT2D eigenvalue weighted by Gasteiger charge is 2.11. The van der Waals surface area contributed by atoms with E-state index in [9.17, 15) is 14.4 Å². The molecular formula is C12H13BrN2O4. The lowest BCUT2D eigenvalue weighted by molar-refractivity contribution is -0.141. The topological polar surface area (TPSA) is 84.5 Å². The van der Waals surface area contributed by atoms with E-state index < -0.39 is 11.9 Å². The fourth-order valence-electron chi connectivity index (χ4n) is 1.21. The van der Waals surface area contributed by atoms with Crippen molar-refractivity contribution in [3.63, 3.8) is 0 Å². The molecule has 0 aliphatic heterocycles. The second-order valence-corrected chi connectivity index (χ2v) is 4.37. The van der Waals surface area contributed by atoms with Crippen LogP contribution in [0, 0.1) is 0 Å². The summed E-state index contributed by atoms with van der Waals surface area (Å²) in [5, 5.41) is 4.76. The van der Waals surface area contributed by atoms with E-state index in [1.54, 1.807) is 24.3 Å². The predicted molar refractivity (Wildman–Crippen MR) is 71.5 cm³/mol. The van der Waals surface area contributed by atoms with Crippen LogP contribution in [0.2, 0.25) is 0 Å². The number of nitrogens with one attached hydrogen (secondary N) is 2. The van der Waals surface area contributed by atoms with Crippen LogP contribution in [0.1, 0.15) is 10.4 Å². The second-order valence-electron chi connectivity index (χ2n) is 3.52. The summed E-state index contributed by atoms with van der Waals surface area (Å²) < 4.78 is 5.01. The molecule has 7 heteroatoms. The molecule has 6 nitrogen and oxygen atoms in total. The standard InChI is InChI=1S/C12H13BrN2O4/c1-19-11(17)7-14-10(16)6-15-12(18)8-4-2-3-5-9(8)13/h2-5H,6-7H2,1H3,(H,14,16)(H,15,18). The number of rotatable bonds is 5. The van der Waals surface area contributed by atoms with E-state index in [1.807, 2.05) is 0 Å². The Kier molecular flexibility index (Phi) is 6.01. The zero-order valence-electron chi connectivity index (χ0n) is 10.2. The van der Waals surface area contributed by atoms with E-state index in [4.69, 9.17) is 0 Å². The lowest BCUT2D eigenvalue weighted by atomic mass is 10.2. The molecule has 2 amide bonds. The van der Waals surface area contributed by atoms with Gasteiger partial charge in [-0.1, -0.05) is 12.1 Å². The lowest BCUT2D eigenvalue weighted by Gasteiger charge is -2.07. The molecule has 0 saturated heterocycles. The van der Waals surface area contributed by atoms with Crippen LogP contribution >= 0.6 is 15.9 Å². The number of carbonyl (C=O) groups excluding carboxylic acids is 3. The molecule has 0 aliphatic rings. The lowest BCUT2D eigenvalue weighted by Crippen LogP contribution is -2.39. The van der Waals surface area contributed by atoms with Gasteiger partial charge in [0.15, 0.2) is 0 Å². The van der Waals surface area contributed by atoms with Crippen LogP contribution in [-0.4, -0.2) is 38.0 Å². The maximum Gasteiger partial charge on any atom is 0.325 e. The molecule has 2 N–H and O–H groups in total. The van der Waals surface area contributed by atoms with Crippen LogP contribution in [-0.2, 0) is 14.3 Å². The third-order valence-corrected chi connectivity index (χ3v) is 2.88. The first-order valence-electron chi connectivity index (χ1n) is 5.41. The van der Waals surface area contributed by atoms with Gasteiger partial charge in [-0.3, -0.25) is 14.4 Å². The molecule has 0 aliphatic carbocycles. The summed E-state index contributed by atoms with van der Waals surface area (Å²) in [6.07, 6.45) is 0. The van der Waals surface area contributed by atoms with Gasteiger partial charge in [-0.15, -0.1) is 0 Å². The van der Waals surface area contributed by atoms with Crippen molar-refractivity contribution in [1.29, 1.82) is 0 Å². The zero-order chi connectivity index (χ0) is 14.3. The quantitative estimate of drug-likeness (QED) is 0.769. The number of carbonyl (C=O) groups is 3. The highest BCUT2D eigenvalue weighted by Crippen LogP contribution is 2.15. The van der Waals surface area contributed by atoms with E-state index in [2.05, 4.69) is 31.3 Å². The van der Waals surface area contributed by atoms with Gasteiger partial charge in [-0.25, -0.2) is 0 Å². The minimum Gasteiger partial charge on any atom is -0.468 e. The van der Waals surface area contributed by atoms with E-state index in [0.717, 1.165) is 0 Å². The summed E-state index contributed by atoms with van der Waals surface area (Å²) in [5.74, 6) is -1.39. The van der Waals surface area contributed by atoms with E-state index in [1.165, 1.54) is 7.11 Å². The molecule has 0 heterocycles. The van der Waals surface area contributed by atoms with Crippen molar-refractivity contribution in [2.75, 3.05) is 20.2 Å². The number of esters is 1. The number of methoxy groups -OCH3 is 1. The van der Waals surface area contributed by atoms with Gasteiger partial charge >= 0.3 is 5.97 Å². The van der Waals surface area contributed by atoms with Crippen LogP contribution in [0.25, 0.3) is 0 Å². The molecule has 102 valence electrons. The minimum atomic E-state index is -0.550. The van der Waals surface area contributed by atoms with Crippen molar-refractivity contribution in [2.24, 2.45) is 0 Å². The Morgan fingerprint density at radius 2 is 1.84 bits per heavy atom. The van der Waals surface area contributed by atoms with Gasteiger partial charge < -0.3 is 15.4 Å². The average Bonchev–Trinajstić information content (AvgIpc) is 2.42. The summed E-state index contributed by atoms with van der Waals surface area (Å²) in [7, 11) is 1.23. The number of hydrogen-bond acceptors (Lipinski definition) is 4. The fraction of sp³-hybridized carbons (Fsp3) is 0.250. The first kappa shape index (κ1) is 15.2. The maximum atomic E-state index is 11.8. The van der Waals surface area contributed by atoms with Crippen LogP contribution in [0.4, 0.5) is 0 Å². The Balaban J connectivity index is 2.40. The third kappa shape index (κ3) is 5.09. The molecule has 19 heavy (non-hydrogen) atoms. The fourth-order valence-corrected chi connectivity index (χ4v) is 1.67. The van der Waals surface area contributed by atoms with Crippen molar-refractivity contribution >= 4 is 33.7 Å². The van der Waals surface area contributed by atoms with Crippen molar-refractivity contribution in [3.8, 4) is 0 Å². The van der Waals surface area contributed by atoms with E-state index in [-0.39, 0.29) is 19.0 Å². The molecular weight excluding hydrogens is 316 g/mol. The Hall–Kier alpha value is -1.89. The van der Waals surface area contributed by atoms with Gasteiger partial charge in [0.25, 0.3) is 5.91 Å². The highest BCUT2D eigenvalue weighted by molar-refractivity contribution is 9.10. The van der Waals surface area contributed by atoms with Crippen LogP contribution in [0.15, 0.2) is 28.7 Å². The average molecular weight is 329 g/mol. The van der Waals surface area contributed by atoms with Crippen LogP contribution in [0.5, 0.6) is 0 Å². The Morgan fingerprint density at radius 3 is 2.47 bits per heavy atom. The molecule has 0 radical (unpaired) electrons. The summed E-state index contributed by atoms with van der Waals surface area (Å²) >= 11 is 3.24. The minimum absolute atomic E-state index is 0.211. The van der Waals surface area contributed by atoms with Crippen molar-refractivity contribution in [1.82, 2.24) is 10.6 Å². The molecule has 1 aromatic rings. The van der Waals surface area contributed by atoms with Gasteiger partial charge in [0, 0.05) is 4.47 Å². The van der Waals surface area contributed by atoms with Gasteiger partial charge in [0.1, 0.15) is 6.54 Å². The molecule has 0 aromatic heterocycles. The summed E-state index contributed by atoms with van der Waals surface area (Å²) in [6, 6.07) is 6.86. The van der Waals surface area contributed by atoms with Crippen molar-refractivity contribution in [2.45, 2.75) is 0 Å². The largest absolute Gasteiger partial charge is 0.468 e. The third-order valence-electron chi connectivity index (χ3n) is 2.19. The smallest absolute Gasteiger partial charge is 0.325 e. The van der Waals surface area contributed by atoms with Gasteiger partial charge in [0.2, 0.25) is 5.91 Å². The molecule has 1 rings (SSSR count). The predicted octanol–water partition coefficient (Wildman–Crippen LogP) is 0.468. The molecule has 0 unspecified atom stereocenters. The monoisotopic (exact) mass is 328 g/mol. The number of amides is 2. The summed E-state index contributed by atoms with van der Waals surface area (Å²) in [5.41, 5.74) is 0.434. The molecule has 1 aromatic carbocycles. The number of halogens is 1. The van der Waals surface area contributed by atoms with Gasteiger partial charge in [0.05, 0.1) is 19.2 Å². The Morgan fingerprint density at radius 1 is 1.16 bits per heavy atom. The SMILES string of the molecule is COC(=O)CNC(=O)CNC(=O)c1ccccc1Br. The normalized spacial score (nSPS) is 9.58. The van der Waals surface area contributed by atoms with E-state index >= 15 is 0 Å². The second kappa shape index (κ2) is 7.52. The van der Waals surface area contributed by atoms with Gasteiger partial charge in [-0.05, 0) is 28.1 Å². The van der Waals surface area contributed by atoms with Crippen LogP contribution in [0.3, 0.4) is 0 Å². The number of benzene rings is 1. The molecule has 0 bridgehead atoms. The molecule has 0 saturated carbocycles. The number of ether oxygens (including phenoxy) is 1. The highest BCUT2D eigenvalue weighted by atomic mass is 79.9. The summed E-state index contributed by atoms with van der Waals surface area (Å²) in [6.45, 7) is -0.433.